The van der Waals surface area contributed by atoms with Gasteiger partial charge in [-0.1, -0.05) is 23.7 Å². The Bertz CT molecular complexity index is 548. The number of nitrogens with zero attached hydrogens (tertiary/aromatic N) is 3. The third-order valence-electron chi connectivity index (χ3n) is 2.98. The van der Waals surface area contributed by atoms with Crippen LogP contribution in [0.1, 0.15) is 11.3 Å². The second kappa shape index (κ2) is 6.08. The molecule has 0 bridgehead atoms. The van der Waals surface area contributed by atoms with Crippen molar-refractivity contribution >= 4 is 17.5 Å². The number of nitrogens with one attached hydrogen (secondary N) is 1. The largest absolute Gasteiger partial charge is 0.348 e. The summed E-state index contributed by atoms with van der Waals surface area (Å²) in [6.07, 6.45) is 1.90. The fourth-order valence-electron chi connectivity index (χ4n) is 2.00. The fraction of sp³-hybridized carbons (Fsp3) is 0.357. The molecular weight excluding hydrogens is 260 g/mol. The Balaban J connectivity index is 1.93. The van der Waals surface area contributed by atoms with Gasteiger partial charge >= 0.3 is 0 Å². The number of anilines is 1. The van der Waals surface area contributed by atoms with E-state index in [0.717, 1.165) is 29.8 Å². The van der Waals surface area contributed by atoms with Crippen molar-refractivity contribution < 1.29 is 0 Å². The highest BCUT2D eigenvalue weighted by Crippen LogP contribution is 2.12. The molecule has 1 aromatic heterocycles. The molecule has 1 N–H and O–H groups in total. The first-order valence-corrected chi connectivity index (χ1v) is 6.59. The van der Waals surface area contributed by atoms with Crippen LogP contribution >= 0.6 is 11.6 Å². The molecule has 0 aliphatic rings. The zero-order valence-corrected chi connectivity index (χ0v) is 12.3. The number of halogens is 1. The van der Waals surface area contributed by atoms with Gasteiger partial charge in [-0.15, -0.1) is 0 Å². The molecule has 2 rings (SSSR count). The topological polar surface area (TPSA) is 33.1 Å². The normalized spacial score (nSPS) is 10.7. The number of aromatic nitrogens is 2. The summed E-state index contributed by atoms with van der Waals surface area (Å²) in [4.78, 5) is 6.38. The van der Waals surface area contributed by atoms with E-state index in [4.69, 9.17) is 11.6 Å². The molecule has 0 amide bonds. The number of hydrogen-bond acceptors (Lipinski definition) is 3. The lowest BCUT2D eigenvalue weighted by Gasteiger charge is -2.13. The Morgan fingerprint density at radius 1 is 1.32 bits per heavy atom. The molecule has 1 aromatic carbocycles. The van der Waals surface area contributed by atoms with Gasteiger partial charge in [-0.05, 0) is 17.7 Å². The molecule has 5 heteroatoms. The quantitative estimate of drug-likeness (QED) is 0.912. The molecule has 0 saturated carbocycles. The maximum Gasteiger partial charge on any atom is 0.204 e. The third-order valence-corrected chi connectivity index (χ3v) is 3.22. The molecule has 0 spiro atoms. The molecule has 0 aliphatic carbocycles. The minimum absolute atomic E-state index is 0.773. The van der Waals surface area contributed by atoms with E-state index in [2.05, 4.69) is 20.9 Å². The second-order valence-electron chi connectivity index (χ2n) is 4.74. The number of hydrogen-bond donors (Lipinski definition) is 1. The third kappa shape index (κ3) is 3.49. The van der Waals surface area contributed by atoms with E-state index in [0.29, 0.717) is 0 Å². The van der Waals surface area contributed by atoms with Crippen LogP contribution in [0.4, 0.5) is 5.95 Å². The van der Waals surface area contributed by atoms with Crippen molar-refractivity contribution in [2.75, 3.05) is 19.0 Å². The number of imidazole rings is 1. The fourth-order valence-corrected chi connectivity index (χ4v) is 2.21. The Hall–Kier alpha value is -1.52. The van der Waals surface area contributed by atoms with Crippen LogP contribution in [0.25, 0.3) is 0 Å². The molecular formula is C14H19ClN4. The summed E-state index contributed by atoms with van der Waals surface area (Å²) < 4.78 is 2.09. The maximum atomic E-state index is 5.96. The Labute approximate surface area is 119 Å². The standard InChI is InChI=1S/C14H19ClN4/c1-18(2)14-17-10-13(19(14)3)9-16-8-11-5-4-6-12(15)7-11/h4-7,10,16H,8-9H2,1-3H3. The Kier molecular flexibility index (Phi) is 4.45. The lowest BCUT2D eigenvalue weighted by Crippen LogP contribution is -2.18. The minimum Gasteiger partial charge on any atom is -0.348 e. The molecule has 0 fully saturated rings. The van der Waals surface area contributed by atoms with E-state index in [-0.39, 0.29) is 0 Å². The molecule has 4 nitrogen and oxygen atoms in total. The first-order chi connectivity index (χ1) is 9.08. The lowest BCUT2D eigenvalue weighted by molar-refractivity contribution is 0.654. The van der Waals surface area contributed by atoms with Gasteiger partial charge in [0.1, 0.15) is 0 Å². The van der Waals surface area contributed by atoms with Crippen molar-refractivity contribution in [1.82, 2.24) is 14.9 Å². The van der Waals surface area contributed by atoms with E-state index in [1.165, 1.54) is 5.56 Å². The van der Waals surface area contributed by atoms with Gasteiger partial charge in [-0.3, -0.25) is 0 Å². The van der Waals surface area contributed by atoms with Crippen molar-refractivity contribution in [3.05, 3.63) is 46.7 Å². The first kappa shape index (κ1) is 13.9. The highest BCUT2D eigenvalue weighted by molar-refractivity contribution is 6.30. The molecule has 0 saturated heterocycles. The van der Waals surface area contributed by atoms with Crippen LogP contribution in [-0.2, 0) is 20.1 Å². The summed E-state index contributed by atoms with van der Waals surface area (Å²) >= 11 is 5.96. The minimum atomic E-state index is 0.773. The van der Waals surface area contributed by atoms with Gasteiger partial charge in [0.05, 0.1) is 11.9 Å². The van der Waals surface area contributed by atoms with Crippen LogP contribution in [-0.4, -0.2) is 23.6 Å². The molecule has 0 atom stereocenters. The van der Waals surface area contributed by atoms with Gasteiger partial charge in [0.2, 0.25) is 5.95 Å². The zero-order chi connectivity index (χ0) is 13.8. The van der Waals surface area contributed by atoms with Gasteiger partial charge < -0.3 is 14.8 Å². The van der Waals surface area contributed by atoms with E-state index in [1.807, 2.05) is 50.4 Å². The Morgan fingerprint density at radius 3 is 2.74 bits per heavy atom. The number of benzene rings is 1. The van der Waals surface area contributed by atoms with Gasteiger partial charge in [0.15, 0.2) is 0 Å². The zero-order valence-electron chi connectivity index (χ0n) is 11.5. The average Bonchev–Trinajstić information content (AvgIpc) is 2.71. The monoisotopic (exact) mass is 278 g/mol. The van der Waals surface area contributed by atoms with Crippen molar-refractivity contribution in [3.8, 4) is 0 Å². The van der Waals surface area contributed by atoms with Crippen molar-refractivity contribution in [1.29, 1.82) is 0 Å². The summed E-state index contributed by atoms with van der Waals surface area (Å²) in [6, 6.07) is 7.89. The van der Waals surface area contributed by atoms with Crippen LogP contribution in [0.2, 0.25) is 5.02 Å². The summed E-state index contributed by atoms with van der Waals surface area (Å²) in [6.45, 7) is 1.58. The van der Waals surface area contributed by atoms with Gasteiger partial charge in [0, 0.05) is 39.3 Å². The van der Waals surface area contributed by atoms with Gasteiger partial charge in [0.25, 0.3) is 0 Å². The van der Waals surface area contributed by atoms with Crippen molar-refractivity contribution in [2.24, 2.45) is 7.05 Å². The van der Waals surface area contributed by atoms with Gasteiger partial charge in [-0.25, -0.2) is 4.98 Å². The smallest absolute Gasteiger partial charge is 0.204 e. The molecule has 102 valence electrons. The summed E-state index contributed by atoms with van der Waals surface area (Å²) in [7, 11) is 6.01. The Morgan fingerprint density at radius 2 is 2.11 bits per heavy atom. The molecule has 0 radical (unpaired) electrons. The molecule has 0 unspecified atom stereocenters. The molecule has 1 heterocycles. The van der Waals surface area contributed by atoms with E-state index in [9.17, 15) is 0 Å². The lowest BCUT2D eigenvalue weighted by atomic mass is 10.2. The summed E-state index contributed by atoms with van der Waals surface area (Å²) in [5, 5.41) is 4.17. The second-order valence-corrected chi connectivity index (χ2v) is 5.17. The predicted molar refractivity (Wildman–Crippen MR) is 79.5 cm³/mol. The van der Waals surface area contributed by atoms with E-state index >= 15 is 0 Å². The van der Waals surface area contributed by atoms with Crippen LogP contribution in [0.3, 0.4) is 0 Å². The van der Waals surface area contributed by atoms with Gasteiger partial charge in [-0.2, -0.15) is 0 Å². The maximum absolute atomic E-state index is 5.96. The molecule has 0 aliphatic heterocycles. The van der Waals surface area contributed by atoms with Crippen LogP contribution in [0.5, 0.6) is 0 Å². The summed E-state index contributed by atoms with van der Waals surface area (Å²) in [5.74, 6) is 0.958. The molecule has 19 heavy (non-hydrogen) atoms. The highest BCUT2D eigenvalue weighted by Gasteiger charge is 2.07. The van der Waals surface area contributed by atoms with E-state index < -0.39 is 0 Å². The highest BCUT2D eigenvalue weighted by atomic mass is 35.5. The summed E-state index contributed by atoms with van der Waals surface area (Å²) in [5.41, 5.74) is 2.34. The van der Waals surface area contributed by atoms with Crippen LogP contribution in [0.15, 0.2) is 30.5 Å². The van der Waals surface area contributed by atoms with Crippen molar-refractivity contribution in [2.45, 2.75) is 13.1 Å². The van der Waals surface area contributed by atoms with Crippen LogP contribution in [0, 0.1) is 0 Å². The van der Waals surface area contributed by atoms with E-state index in [1.54, 1.807) is 0 Å². The van der Waals surface area contributed by atoms with Crippen molar-refractivity contribution in [3.63, 3.8) is 0 Å². The number of rotatable bonds is 5. The first-order valence-electron chi connectivity index (χ1n) is 6.21. The van der Waals surface area contributed by atoms with Crippen LogP contribution < -0.4 is 10.2 Å². The predicted octanol–water partition coefficient (Wildman–Crippen LogP) is 2.43. The average molecular weight is 279 g/mol. The SMILES string of the molecule is CN(C)c1ncc(CNCc2cccc(Cl)c2)n1C. The molecule has 2 aromatic rings.